The molecule has 4 nitrogen and oxygen atoms in total. The Labute approximate surface area is 194 Å². The molecule has 4 aliphatic rings. The van der Waals surface area contributed by atoms with E-state index in [1.54, 1.807) is 0 Å². The van der Waals surface area contributed by atoms with Gasteiger partial charge in [-0.1, -0.05) is 59.1 Å². The summed E-state index contributed by atoms with van der Waals surface area (Å²) >= 11 is 0. The smallest absolute Gasteiger partial charge is 0.126 e. The van der Waals surface area contributed by atoms with Crippen LogP contribution in [0.3, 0.4) is 0 Å². The summed E-state index contributed by atoms with van der Waals surface area (Å²) < 4.78 is 0. The number of aliphatic hydroxyl groups excluding tert-OH is 3. The highest BCUT2D eigenvalue weighted by molar-refractivity contribution is 5.62. The average Bonchev–Trinajstić information content (AvgIpc) is 3.12. The van der Waals surface area contributed by atoms with Crippen LogP contribution in [-0.2, 0) is 4.79 Å². The van der Waals surface area contributed by atoms with Gasteiger partial charge in [-0.3, -0.25) is 0 Å². The second-order valence-corrected chi connectivity index (χ2v) is 12.6. The van der Waals surface area contributed by atoms with E-state index in [4.69, 9.17) is 0 Å². The summed E-state index contributed by atoms with van der Waals surface area (Å²) in [7, 11) is 0. The molecule has 0 aliphatic heterocycles. The number of allylic oxidation sites excluding steroid dienone is 1. The molecule has 11 atom stereocenters. The van der Waals surface area contributed by atoms with Crippen molar-refractivity contribution in [2.75, 3.05) is 0 Å². The summed E-state index contributed by atoms with van der Waals surface area (Å²) in [6.07, 6.45) is 8.60. The van der Waals surface area contributed by atoms with Crippen LogP contribution in [0.2, 0.25) is 0 Å². The highest BCUT2D eigenvalue weighted by atomic mass is 16.3. The van der Waals surface area contributed by atoms with Crippen molar-refractivity contribution in [3.05, 3.63) is 11.6 Å². The molecule has 182 valence electrons. The zero-order chi connectivity index (χ0) is 23.4. The van der Waals surface area contributed by atoms with Gasteiger partial charge in [0.2, 0.25) is 0 Å². The first-order valence-corrected chi connectivity index (χ1v) is 13.3. The lowest BCUT2D eigenvalue weighted by Crippen LogP contribution is -2.61. The third kappa shape index (κ3) is 3.64. The van der Waals surface area contributed by atoms with Crippen molar-refractivity contribution in [1.29, 1.82) is 0 Å². The van der Waals surface area contributed by atoms with Crippen LogP contribution in [0.1, 0.15) is 86.0 Å². The highest BCUT2D eigenvalue weighted by Gasteiger charge is 2.65. The van der Waals surface area contributed by atoms with Gasteiger partial charge in [-0.15, -0.1) is 0 Å². The molecule has 4 rings (SSSR count). The van der Waals surface area contributed by atoms with E-state index in [0.717, 1.165) is 31.3 Å². The van der Waals surface area contributed by atoms with Crippen molar-refractivity contribution < 1.29 is 20.1 Å². The fraction of sp³-hybridized carbons (Fsp3) is 0.893. The normalized spacial score (nSPS) is 47.8. The van der Waals surface area contributed by atoms with Gasteiger partial charge in [0.1, 0.15) is 6.29 Å². The minimum atomic E-state index is -0.641. The van der Waals surface area contributed by atoms with Crippen molar-refractivity contribution in [3.63, 3.8) is 0 Å². The molecule has 0 heterocycles. The number of carbonyl (C=O) groups excluding carboxylic acids is 1. The van der Waals surface area contributed by atoms with Gasteiger partial charge in [-0.2, -0.15) is 0 Å². The molecule has 3 N–H and O–H groups in total. The Kier molecular flexibility index (Phi) is 6.73. The Hall–Kier alpha value is -0.710. The maximum absolute atomic E-state index is 12.8. The fourth-order valence-electron chi connectivity index (χ4n) is 8.66. The molecule has 0 bridgehead atoms. The zero-order valence-corrected chi connectivity index (χ0v) is 20.8. The van der Waals surface area contributed by atoms with Gasteiger partial charge in [0.05, 0.1) is 18.3 Å². The van der Waals surface area contributed by atoms with Crippen molar-refractivity contribution in [1.82, 2.24) is 0 Å². The van der Waals surface area contributed by atoms with E-state index >= 15 is 0 Å². The molecule has 0 unspecified atom stereocenters. The summed E-state index contributed by atoms with van der Waals surface area (Å²) in [5.74, 6) is 2.69. The lowest BCUT2D eigenvalue weighted by Gasteiger charge is -2.60. The second-order valence-electron chi connectivity index (χ2n) is 12.6. The fourth-order valence-corrected chi connectivity index (χ4v) is 8.66. The predicted octanol–water partition coefficient (Wildman–Crippen LogP) is 4.76. The summed E-state index contributed by atoms with van der Waals surface area (Å²) in [6, 6.07) is 0. The van der Waals surface area contributed by atoms with E-state index in [0.29, 0.717) is 42.9 Å². The first-order valence-electron chi connectivity index (χ1n) is 13.3. The molecule has 0 amide bonds. The molecule has 0 aromatic carbocycles. The largest absolute Gasteiger partial charge is 0.393 e. The van der Waals surface area contributed by atoms with Crippen LogP contribution >= 0.6 is 0 Å². The number of hydrogen-bond donors (Lipinski definition) is 3. The summed E-state index contributed by atoms with van der Waals surface area (Å²) in [6.45, 7) is 11.3. The SMILES string of the molecule is CC(C)[C@H](C)CC[C@@H](C)[C@H]1CC[C@H]2[C@@H]3CC=C4C[C@@H](O)C[C@H](O)[C@]4(C)[C@H]3[C@H](O)C[C@]12C=O. The minimum absolute atomic E-state index is 0.0295. The number of hydrogen-bond acceptors (Lipinski definition) is 4. The lowest BCUT2D eigenvalue weighted by molar-refractivity contribution is -0.166. The average molecular weight is 447 g/mol. The van der Waals surface area contributed by atoms with Crippen molar-refractivity contribution in [2.45, 2.75) is 104 Å². The number of aliphatic hydroxyl groups is 3. The third-order valence-corrected chi connectivity index (χ3v) is 10.9. The van der Waals surface area contributed by atoms with Gasteiger partial charge in [0, 0.05) is 17.3 Å². The summed E-state index contributed by atoms with van der Waals surface area (Å²) in [5, 5.41) is 32.9. The Morgan fingerprint density at radius 3 is 2.50 bits per heavy atom. The van der Waals surface area contributed by atoms with Crippen LogP contribution in [0.25, 0.3) is 0 Å². The standard InChI is InChI=1S/C28H46O4/c1-16(2)17(3)6-7-18(4)22-10-11-23-21-9-8-19-12-20(30)13-25(32)27(19,5)26(21)24(31)14-28(22,23)15-29/h8,15-18,20-26,30-32H,6-7,9-14H2,1-5H3/t17-,18-,20-,21+,22-,23+,24-,25+,26-,27-,28+/m1/s1. The van der Waals surface area contributed by atoms with Crippen LogP contribution in [0.5, 0.6) is 0 Å². The van der Waals surface area contributed by atoms with Crippen molar-refractivity contribution >= 4 is 6.29 Å². The van der Waals surface area contributed by atoms with Crippen LogP contribution in [-0.4, -0.2) is 39.9 Å². The van der Waals surface area contributed by atoms with Gasteiger partial charge in [-0.25, -0.2) is 0 Å². The molecular formula is C28H46O4. The molecule has 0 radical (unpaired) electrons. The first kappa shape index (κ1) is 24.4. The van der Waals surface area contributed by atoms with Gasteiger partial charge in [-0.05, 0) is 73.5 Å². The van der Waals surface area contributed by atoms with Crippen molar-refractivity contribution in [2.24, 2.45) is 52.3 Å². The van der Waals surface area contributed by atoms with E-state index in [1.807, 2.05) is 0 Å². The molecule has 3 saturated carbocycles. The molecule has 4 aliphatic carbocycles. The van der Waals surface area contributed by atoms with Crippen LogP contribution in [0.15, 0.2) is 11.6 Å². The molecule has 0 saturated heterocycles. The van der Waals surface area contributed by atoms with E-state index in [-0.39, 0.29) is 17.8 Å². The Balaban J connectivity index is 1.61. The lowest BCUT2D eigenvalue weighted by atomic mass is 9.45. The van der Waals surface area contributed by atoms with Gasteiger partial charge < -0.3 is 20.1 Å². The van der Waals surface area contributed by atoms with Gasteiger partial charge in [0.25, 0.3) is 0 Å². The third-order valence-electron chi connectivity index (χ3n) is 10.9. The van der Waals surface area contributed by atoms with Gasteiger partial charge >= 0.3 is 0 Å². The predicted molar refractivity (Wildman–Crippen MR) is 127 cm³/mol. The maximum atomic E-state index is 12.8. The highest BCUT2D eigenvalue weighted by Crippen LogP contribution is 2.66. The van der Waals surface area contributed by atoms with Crippen LogP contribution < -0.4 is 0 Å². The quantitative estimate of drug-likeness (QED) is 0.406. The molecule has 0 aromatic rings. The summed E-state index contributed by atoms with van der Waals surface area (Å²) in [5.41, 5.74) is 0.197. The van der Waals surface area contributed by atoms with Crippen LogP contribution in [0.4, 0.5) is 0 Å². The maximum Gasteiger partial charge on any atom is 0.126 e. The van der Waals surface area contributed by atoms with Crippen molar-refractivity contribution in [3.8, 4) is 0 Å². The zero-order valence-electron chi connectivity index (χ0n) is 20.8. The summed E-state index contributed by atoms with van der Waals surface area (Å²) in [4.78, 5) is 12.8. The monoisotopic (exact) mass is 446 g/mol. The number of carbonyl (C=O) groups is 1. The van der Waals surface area contributed by atoms with E-state index in [9.17, 15) is 20.1 Å². The molecule has 32 heavy (non-hydrogen) atoms. The number of rotatable bonds is 6. The molecular weight excluding hydrogens is 400 g/mol. The van der Waals surface area contributed by atoms with Gasteiger partial charge in [0.15, 0.2) is 0 Å². The number of aldehydes is 1. The Morgan fingerprint density at radius 2 is 1.84 bits per heavy atom. The first-order chi connectivity index (χ1) is 15.1. The van der Waals surface area contributed by atoms with E-state index in [2.05, 4.69) is 40.7 Å². The molecule has 0 spiro atoms. The molecule has 3 fully saturated rings. The number of fused-ring (bicyclic) bond motifs is 5. The topological polar surface area (TPSA) is 77.8 Å². The minimum Gasteiger partial charge on any atom is -0.393 e. The van der Waals surface area contributed by atoms with E-state index < -0.39 is 29.1 Å². The molecule has 0 aromatic heterocycles. The van der Waals surface area contributed by atoms with Crippen LogP contribution in [0, 0.1) is 52.3 Å². The second kappa shape index (κ2) is 8.82. The molecule has 4 heteroatoms. The Morgan fingerprint density at radius 1 is 1.12 bits per heavy atom. The Bertz CT molecular complexity index is 731. The van der Waals surface area contributed by atoms with E-state index in [1.165, 1.54) is 12.7 Å².